The summed E-state index contributed by atoms with van der Waals surface area (Å²) in [6, 6.07) is 3.92. The van der Waals surface area contributed by atoms with Crippen LogP contribution in [-0.2, 0) is 0 Å². The van der Waals surface area contributed by atoms with Gasteiger partial charge in [0.2, 0.25) is 5.95 Å². The molecule has 29 heavy (non-hydrogen) atoms. The van der Waals surface area contributed by atoms with E-state index in [1.54, 1.807) is 14.2 Å². The molecule has 2 aromatic rings. The highest BCUT2D eigenvalue weighted by Gasteiger charge is 2.19. The molecule has 7 nitrogen and oxygen atoms in total. The fraction of sp³-hybridized carbons (Fsp3) is 0.636. The van der Waals surface area contributed by atoms with E-state index in [0.717, 1.165) is 55.3 Å². The van der Waals surface area contributed by atoms with Crippen LogP contribution in [0.2, 0.25) is 0 Å². The van der Waals surface area contributed by atoms with E-state index >= 15 is 0 Å². The van der Waals surface area contributed by atoms with Crippen LogP contribution in [0.4, 0.5) is 11.8 Å². The van der Waals surface area contributed by atoms with Gasteiger partial charge in [0, 0.05) is 31.1 Å². The van der Waals surface area contributed by atoms with E-state index in [1.807, 2.05) is 12.1 Å². The van der Waals surface area contributed by atoms with Crippen LogP contribution in [0.3, 0.4) is 0 Å². The molecule has 1 aliphatic rings. The van der Waals surface area contributed by atoms with Crippen LogP contribution < -0.4 is 19.7 Å². The number of rotatable bonds is 11. The molecule has 0 spiro atoms. The molecule has 3 rings (SSSR count). The third-order valence-corrected chi connectivity index (χ3v) is 5.40. The summed E-state index contributed by atoms with van der Waals surface area (Å²) in [5.74, 6) is 3.07. The molecule has 1 aliphatic heterocycles. The molecular weight excluding hydrogens is 366 g/mol. The van der Waals surface area contributed by atoms with Crippen LogP contribution in [0.15, 0.2) is 12.1 Å². The number of nitrogens with zero attached hydrogens (tertiary/aromatic N) is 4. The second-order valence-electron chi connectivity index (χ2n) is 7.93. The van der Waals surface area contributed by atoms with Crippen molar-refractivity contribution in [1.82, 2.24) is 14.9 Å². The number of aromatic nitrogens is 2. The summed E-state index contributed by atoms with van der Waals surface area (Å²) < 4.78 is 11.0. The third kappa shape index (κ3) is 5.63. The first-order valence-corrected chi connectivity index (χ1v) is 10.7. The van der Waals surface area contributed by atoms with Gasteiger partial charge in [-0.1, -0.05) is 12.8 Å². The Labute approximate surface area is 174 Å². The highest BCUT2D eigenvalue weighted by atomic mass is 16.5. The predicted molar refractivity (Wildman–Crippen MR) is 120 cm³/mol. The maximum Gasteiger partial charge on any atom is 0.227 e. The Kier molecular flexibility index (Phi) is 7.75. The third-order valence-electron chi connectivity index (χ3n) is 5.40. The maximum absolute atomic E-state index is 5.50. The summed E-state index contributed by atoms with van der Waals surface area (Å²) in [4.78, 5) is 14.2. The average Bonchev–Trinajstić information content (AvgIpc) is 3.26. The number of anilines is 2. The van der Waals surface area contributed by atoms with E-state index in [0.29, 0.717) is 11.5 Å². The van der Waals surface area contributed by atoms with Crippen molar-refractivity contribution < 1.29 is 9.47 Å². The molecule has 0 radical (unpaired) electrons. The van der Waals surface area contributed by atoms with Gasteiger partial charge in [-0.2, -0.15) is 4.98 Å². The molecular formula is C22H35N5O2. The van der Waals surface area contributed by atoms with E-state index < -0.39 is 0 Å². The van der Waals surface area contributed by atoms with Crippen LogP contribution in [-0.4, -0.2) is 69.4 Å². The van der Waals surface area contributed by atoms with Crippen LogP contribution in [0.1, 0.15) is 38.5 Å². The molecule has 7 heteroatoms. The van der Waals surface area contributed by atoms with Gasteiger partial charge in [0.1, 0.15) is 5.82 Å². The molecule has 1 saturated heterocycles. The molecule has 0 amide bonds. The smallest absolute Gasteiger partial charge is 0.227 e. The minimum atomic E-state index is 0.693. The number of hydrogen-bond acceptors (Lipinski definition) is 7. The topological polar surface area (TPSA) is 62.8 Å². The van der Waals surface area contributed by atoms with Crippen molar-refractivity contribution in [2.45, 2.75) is 38.5 Å². The number of fused-ring (bicyclic) bond motifs is 1. The predicted octanol–water partition coefficient (Wildman–Crippen LogP) is 3.78. The van der Waals surface area contributed by atoms with Crippen LogP contribution in [0.5, 0.6) is 11.5 Å². The van der Waals surface area contributed by atoms with Crippen molar-refractivity contribution in [2.24, 2.45) is 0 Å². The van der Waals surface area contributed by atoms with Crippen molar-refractivity contribution in [3.8, 4) is 11.5 Å². The molecule has 0 aliphatic carbocycles. The van der Waals surface area contributed by atoms with Gasteiger partial charge in [-0.3, -0.25) is 0 Å². The normalized spacial score (nSPS) is 14.0. The van der Waals surface area contributed by atoms with Gasteiger partial charge in [0.25, 0.3) is 0 Å². The Bertz CT molecular complexity index is 790. The molecule has 1 fully saturated rings. The number of methoxy groups -OCH3 is 2. The van der Waals surface area contributed by atoms with E-state index in [1.165, 1.54) is 32.1 Å². The summed E-state index contributed by atoms with van der Waals surface area (Å²) in [6.07, 6.45) is 7.26. The minimum absolute atomic E-state index is 0.693. The lowest BCUT2D eigenvalue weighted by Crippen LogP contribution is -2.21. The quantitative estimate of drug-likeness (QED) is 0.575. The first kappa shape index (κ1) is 21.4. The average molecular weight is 402 g/mol. The second-order valence-corrected chi connectivity index (χ2v) is 7.93. The number of unbranched alkanes of at least 4 members (excludes halogenated alkanes) is 3. The van der Waals surface area contributed by atoms with Gasteiger partial charge in [-0.25, -0.2) is 4.98 Å². The number of hydrogen-bond donors (Lipinski definition) is 1. The van der Waals surface area contributed by atoms with E-state index in [-0.39, 0.29) is 0 Å². The van der Waals surface area contributed by atoms with Crippen LogP contribution in [0, 0.1) is 0 Å². The number of ether oxygens (including phenoxy) is 2. The zero-order valence-corrected chi connectivity index (χ0v) is 18.3. The van der Waals surface area contributed by atoms with Gasteiger partial charge >= 0.3 is 0 Å². The van der Waals surface area contributed by atoms with Crippen molar-refractivity contribution in [3.05, 3.63) is 12.1 Å². The zero-order valence-electron chi connectivity index (χ0n) is 18.3. The first-order chi connectivity index (χ1) is 14.1. The lowest BCUT2D eigenvalue weighted by molar-refractivity contribution is 0.356. The second kappa shape index (κ2) is 10.5. The standard InChI is InChI=1S/C22H35N5O2/c1-26(2)12-8-6-5-7-11-23-21-17-15-19(28-3)20(29-4)16-18(17)24-22(25-21)27-13-9-10-14-27/h15-16H,5-14H2,1-4H3,(H,23,24,25). The van der Waals surface area contributed by atoms with Gasteiger partial charge in [-0.15, -0.1) is 0 Å². The fourth-order valence-electron chi connectivity index (χ4n) is 3.75. The first-order valence-electron chi connectivity index (χ1n) is 10.7. The molecule has 0 saturated carbocycles. The van der Waals surface area contributed by atoms with Gasteiger partial charge < -0.3 is 24.6 Å². The Morgan fingerprint density at radius 1 is 0.966 bits per heavy atom. The molecule has 2 heterocycles. The van der Waals surface area contributed by atoms with E-state index in [2.05, 4.69) is 29.2 Å². The molecule has 160 valence electrons. The lowest BCUT2D eigenvalue weighted by atomic mass is 10.1. The molecule has 1 aromatic heterocycles. The molecule has 0 unspecified atom stereocenters. The Balaban J connectivity index is 1.75. The maximum atomic E-state index is 5.50. The highest BCUT2D eigenvalue weighted by Crippen LogP contribution is 2.35. The van der Waals surface area contributed by atoms with Gasteiger partial charge in [-0.05, 0) is 52.4 Å². The van der Waals surface area contributed by atoms with Crippen molar-refractivity contribution in [3.63, 3.8) is 0 Å². The highest BCUT2D eigenvalue weighted by molar-refractivity contribution is 5.92. The summed E-state index contributed by atoms with van der Waals surface area (Å²) in [6.45, 7) is 4.10. The molecule has 0 atom stereocenters. The van der Waals surface area contributed by atoms with E-state index in [4.69, 9.17) is 19.4 Å². The Hall–Kier alpha value is -2.28. The molecule has 1 aromatic carbocycles. The number of nitrogens with one attached hydrogen (secondary N) is 1. The van der Waals surface area contributed by atoms with Crippen molar-refractivity contribution in [1.29, 1.82) is 0 Å². The summed E-state index contributed by atoms with van der Waals surface area (Å²) in [7, 11) is 7.57. The zero-order chi connectivity index (χ0) is 20.6. The van der Waals surface area contributed by atoms with Gasteiger partial charge in [0.05, 0.1) is 19.7 Å². The molecule has 0 bridgehead atoms. The van der Waals surface area contributed by atoms with Gasteiger partial charge in [0.15, 0.2) is 11.5 Å². The summed E-state index contributed by atoms with van der Waals surface area (Å²) in [5.41, 5.74) is 0.882. The lowest BCUT2D eigenvalue weighted by Gasteiger charge is -2.19. The number of benzene rings is 1. The van der Waals surface area contributed by atoms with Crippen LogP contribution >= 0.6 is 0 Å². The van der Waals surface area contributed by atoms with Crippen LogP contribution in [0.25, 0.3) is 10.9 Å². The fourth-order valence-corrected chi connectivity index (χ4v) is 3.75. The van der Waals surface area contributed by atoms with Crippen molar-refractivity contribution in [2.75, 3.05) is 64.7 Å². The minimum Gasteiger partial charge on any atom is -0.493 e. The largest absolute Gasteiger partial charge is 0.493 e. The summed E-state index contributed by atoms with van der Waals surface area (Å²) >= 11 is 0. The van der Waals surface area contributed by atoms with Crippen molar-refractivity contribution >= 4 is 22.7 Å². The Morgan fingerprint density at radius 3 is 2.34 bits per heavy atom. The summed E-state index contributed by atoms with van der Waals surface area (Å²) in [5, 5.41) is 4.53. The monoisotopic (exact) mass is 401 g/mol. The SMILES string of the molecule is COc1cc2nc(N3CCCC3)nc(NCCCCCCN(C)C)c2cc1OC. The van der Waals surface area contributed by atoms with E-state index in [9.17, 15) is 0 Å². The Morgan fingerprint density at radius 2 is 1.66 bits per heavy atom. The molecule has 1 N–H and O–H groups in total.